The van der Waals surface area contributed by atoms with E-state index in [0.717, 1.165) is 17.2 Å². The molecule has 1 aromatic carbocycles. The molecule has 0 aliphatic heterocycles. The molecule has 0 fully saturated rings. The van der Waals surface area contributed by atoms with Gasteiger partial charge >= 0.3 is 6.18 Å². The third kappa shape index (κ3) is 4.57. The zero-order valence-corrected chi connectivity index (χ0v) is 18.0. The van der Waals surface area contributed by atoms with Crippen molar-refractivity contribution in [2.45, 2.75) is 24.5 Å². The molecule has 0 amide bonds. The van der Waals surface area contributed by atoms with Gasteiger partial charge in [0.2, 0.25) is 0 Å². The first kappa shape index (κ1) is 21.3. The van der Waals surface area contributed by atoms with Gasteiger partial charge in [0, 0.05) is 17.2 Å². The van der Waals surface area contributed by atoms with Gasteiger partial charge in [0.15, 0.2) is 15.5 Å². The van der Waals surface area contributed by atoms with E-state index in [2.05, 4.69) is 10.3 Å². The standard InChI is InChI=1S/C20H16F3N3O3S2/c1-12-8-14(25-29-12)11-26-16(10-19(24-26)20(21,22)23)18-7-6-17(30-18)13-4-3-5-15(9-13)31(2,27)28/h3-10H,11H2,1-2H3. The predicted octanol–water partition coefficient (Wildman–Crippen LogP) is 5.05. The van der Waals surface area contributed by atoms with Gasteiger partial charge in [-0.25, -0.2) is 8.42 Å². The molecular formula is C20H16F3N3O3S2. The molecule has 11 heteroatoms. The first-order valence-corrected chi connectivity index (χ1v) is 11.7. The van der Waals surface area contributed by atoms with Gasteiger partial charge < -0.3 is 4.52 Å². The Hall–Kier alpha value is -2.92. The summed E-state index contributed by atoms with van der Waals surface area (Å²) in [5.74, 6) is 0.545. The fraction of sp³-hybridized carbons (Fsp3) is 0.200. The molecule has 0 bridgehead atoms. The van der Waals surface area contributed by atoms with Crippen molar-refractivity contribution >= 4 is 21.2 Å². The summed E-state index contributed by atoms with van der Waals surface area (Å²) in [6.07, 6.45) is -3.47. The molecule has 0 atom stereocenters. The average Bonchev–Trinajstić information content (AvgIpc) is 3.40. The fourth-order valence-electron chi connectivity index (χ4n) is 3.03. The van der Waals surface area contributed by atoms with Gasteiger partial charge in [-0.2, -0.15) is 18.3 Å². The van der Waals surface area contributed by atoms with Gasteiger partial charge in [0.1, 0.15) is 11.5 Å². The number of thiophene rings is 1. The maximum atomic E-state index is 13.3. The second kappa shape index (κ2) is 7.65. The summed E-state index contributed by atoms with van der Waals surface area (Å²) in [6, 6.07) is 12.5. The minimum Gasteiger partial charge on any atom is -0.361 e. The zero-order valence-electron chi connectivity index (χ0n) is 16.3. The number of rotatable bonds is 5. The van der Waals surface area contributed by atoms with Crippen LogP contribution in [-0.4, -0.2) is 29.6 Å². The Kier molecular flexibility index (Phi) is 5.26. The van der Waals surface area contributed by atoms with Gasteiger partial charge in [-0.05, 0) is 42.8 Å². The number of hydrogen-bond acceptors (Lipinski definition) is 6. The number of aromatic nitrogens is 3. The summed E-state index contributed by atoms with van der Waals surface area (Å²) in [5, 5.41) is 7.56. The molecule has 162 valence electrons. The second-order valence-electron chi connectivity index (χ2n) is 6.96. The predicted molar refractivity (Wildman–Crippen MR) is 109 cm³/mol. The maximum absolute atomic E-state index is 13.3. The van der Waals surface area contributed by atoms with Gasteiger partial charge in [-0.1, -0.05) is 17.3 Å². The molecule has 3 aromatic heterocycles. The highest BCUT2D eigenvalue weighted by Crippen LogP contribution is 2.38. The summed E-state index contributed by atoms with van der Waals surface area (Å²) >= 11 is 1.25. The fourth-order valence-corrected chi connectivity index (χ4v) is 4.72. The summed E-state index contributed by atoms with van der Waals surface area (Å²) < 4.78 is 69.8. The number of benzene rings is 1. The number of halogens is 3. The van der Waals surface area contributed by atoms with Crippen LogP contribution in [0.15, 0.2) is 57.9 Å². The van der Waals surface area contributed by atoms with Crippen molar-refractivity contribution in [1.29, 1.82) is 0 Å². The van der Waals surface area contributed by atoms with Crippen molar-refractivity contribution in [3.63, 3.8) is 0 Å². The van der Waals surface area contributed by atoms with E-state index in [0.29, 0.717) is 21.9 Å². The van der Waals surface area contributed by atoms with Crippen molar-refractivity contribution < 1.29 is 26.1 Å². The van der Waals surface area contributed by atoms with E-state index < -0.39 is 21.7 Å². The highest BCUT2D eigenvalue weighted by Gasteiger charge is 2.35. The van der Waals surface area contributed by atoms with Crippen molar-refractivity contribution in [1.82, 2.24) is 14.9 Å². The van der Waals surface area contributed by atoms with Crippen LogP contribution in [0, 0.1) is 6.92 Å². The molecule has 4 aromatic rings. The van der Waals surface area contributed by atoms with Crippen LogP contribution in [0.25, 0.3) is 21.0 Å². The Morgan fingerprint density at radius 2 is 1.84 bits per heavy atom. The lowest BCUT2D eigenvalue weighted by molar-refractivity contribution is -0.141. The van der Waals surface area contributed by atoms with Crippen LogP contribution < -0.4 is 0 Å². The number of sulfone groups is 1. The van der Waals surface area contributed by atoms with E-state index in [9.17, 15) is 21.6 Å². The van der Waals surface area contributed by atoms with Crippen molar-refractivity contribution in [3.05, 3.63) is 65.7 Å². The van der Waals surface area contributed by atoms with Gasteiger partial charge in [-0.15, -0.1) is 11.3 Å². The highest BCUT2D eigenvalue weighted by atomic mass is 32.2. The van der Waals surface area contributed by atoms with E-state index in [-0.39, 0.29) is 17.1 Å². The van der Waals surface area contributed by atoms with Crippen molar-refractivity contribution in [3.8, 4) is 21.0 Å². The van der Waals surface area contributed by atoms with Gasteiger partial charge in [-0.3, -0.25) is 4.68 Å². The summed E-state index contributed by atoms with van der Waals surface area (Å²) in [6.45, 7) is 1.71. The van der Waals surface area contributed by atoms with Gasteiger partial charge in [0.25, 0.3) is 0 Å². The van der Waals surface area contributed by atoms with Crippen LogP contribution in [0.2, 0.25) is 0 Å². The molecule has 0 saturated heterocycles. The Labute approximate surface area is 179 Å². The largest absolute Gasteiger partial charge is 0.435 e. The first-order valence-electron chi connectivity index (χ1n) is 8.98. The quantitative estimate of drug-likeness (QED) is 0.411. The molecule has 3 heterocycles. The molecule has 0 unspecified atom stereocenters. The molecule has 0 aliphatic carbocycles. The monoisotopic (exact) mass is 467 g/mol. The molecule has 31 heavy (non-hydrogen) atoms. The minimum absolute atomic E-state index is 0.0134. The lowest BCUT2D eigenvalue weighted by Crippen LogP contribution is -2.09. The number of hydrogen-bond donors (Lipinski definition) is 0. The molecule has 0 aliphatic rings. The summed E-state index contributed by atoms with van der Waals surface area (Å²) in [7, 11) is -3.38. The topological polar surface area (TPSA) is 78.0 Å². The van der Waals surface area contributed by atoms with Crippen LogP contribution in [0.5, 0.6) is 0 Å². The molecule has 0 N–H and O–H groups in total. The first-order chi connectivity index (χ1) is 14.5. The van der Waals surface area contributed by atoms with Crippen LogP contribution >= 0.6 is 11.3 Å². The van der Waals surface area contributed by atoms with E-state index in [1.807, 2.05) is 0 Å². The van der Waals surface area contributed by atoms with E-state index >= 15 is 0 Å². The van der Waals surface area contributed by atoms with Crippen LogP contribution in [-0.2, 0) is 22.6 Å². The molecule has 4 rings (SSSR count). The molecule has 0 radical (unpaired) electrons. The molecule has 6 nitrogen and oxygen atoms in total. The third-order valence-electron chi connectivity index (χ3n) is 4.46. The number of aryl methyl sites for hydroxylation is 1. The lowest BCUT2D eigenvalue weighted by Gasteiger charge is -2.04. The van der Waals surface area contributed by atoms with Crippen LogP contribution in [0.4, 0.5) is 13.2 Å². The smallest absolute Gasteiger partial charge is 0.361 e. The maximum Gasteiger partial charge on any atom is 0.435 e. The minimum atomic E-state index is -4.59. The zero-order chi connectivity index (χ0) is 22.4. The normalized spacial score (nSPS) is 12.4. The van der Waals surface area contributed by atoms with Crippen LogP contribution in [0.1, 0.15) is 17.1 Å². The van der Waals surface area contributed by atoms with E-state index in [1.54, 1.807) is 43.3 Å². The van der Waals surface area contributed by atoms with E-state index in [4.69, 9.17) is 4.52 Å². The SMILES string of the molecule is Cc1cc(Cn2nc(C(F)(F)F)cc2-c2ccc(-c3cccc(S(C)(=O)=O)c3)s2)no1. The lowest BCUT2D eigenvalue weighted by atomic mass is 10.2. The van der Waals surface area contributed by atoms with Crippen LogP contribution in [0.3, 0.4) is 0 Å². The Bertz CT molecular complexity index is 1350. The van der Waals surface area contributed by atoms with Crippen molar-refractivity contribution in [2.75, 3.05) is 6.26 Å². The molecular weight excluding hydrogens is 451 g/mol. The third-order valence-corrected chi connectivity index (χ3v) is 6.73. The highest BCUT2D eigenvalue weighted by molar-refractivity contribution is 7.90. The number of nitrogens with zero attached hydrogens (tertiary/aromatic N) is 3. The number of alkyl halides is 3. The Morgan fingerprint density at radius 1 is 1.10 bits per heavy atom. The summed E-state index contributed by atoms with van der Waals surface area (Å²) in [5.41, 5.74) is 0.391. The Balaban J connectivity index is 1.75. The molecule has 0 saturated carbocycles. The van der Waals surface area contributed by atoms with Crippen molar-refractivity contribution in [2.24, 2.45) is 0 Å². The molecule has 0 spiro atoms. The second-order valence-corrected chi connectivity index (χ2v) is 10.1. The van der Waals surface area contributed by atoms with Gasteiger partial charge in [0.05, 0.1) is 22.0 Å². The average molecular weight is 467 g/mol. The Morgan fingerprint density at radius 3 is 2.48 bits per heavy atom. The summed E-state index contributed by atoms with van der Waals surface area (Å²) in [4.78, 5) is 1.45. The van der Waals surface area contributed by atoms with E-state index in [1.165, 1.54) is 22.1 Å².